The Morgan fingerprint density at radius 1 is 1.65 bits per heavy atom. The van der Waals surface area contributed by atoms with Crippen LogP contribution in [-0.4, -0.2) is 27.9 Å². The van der Waals surface area contributed by atoms with Crippen LogP contribution >= 0.6 is 11.8 Å². The molecule has 1 aromatic rings. The fourth-order valence-corrected chi connectivity index (χ4v) is 2.84. The van der Waals surface area contributed by atoms with E-state index >= 15 is 0 Å². The smallest absolute Gasteiger partial charge is 0.275 e. The average molecular weight is 255 g/mol. The molecule has 2 heterocycles. The fourth-order valence-electron chi connectivity index (χ4n) is 1.70. The average Bonchev–Trinajstić information content (AvgIpc) is 2.63. The van der Waals surface area contributed by atoms with Gasteiger partial charge in [0.2, 0.25) is 0 Å². The summed E-state index contributed by atoms with van der Waals surface area (Å²) in [5.74, 6) is 0.174. The number of aromatic nitrogens is 1. The standard InChI is InChI=1S/C10H13N3O3S/c1-6-8(2-3-16-6)17-10-5-7(13(14)15)4-9(11)12-10/h4-6,8H,2-3H2,1H3,(H2,11,12). The lowest BCUT2D eigenvalue weighted by Gasteiger charge is -2.12. The predicted octanol–water partition coefficient (Wildman–Crippen LogP) is 1.84. The van der Waals surface area contributed by atoms with Crippen LogP contribution in [0.15, 0.2) is 17.2 Å². The summed E-state index contributed by atoms with van der Waals surface area (Å²) >= 11 is 1.48. The maximum Gasteiger partial charge on any atom is 0.275 e. The largest absolute Gasteiger partial charge is 0.383 e. The van der Waals surface area contributed by atoms with Crippen LogP contribution in [0.1, 0.15) is 13.3 Å². The van der Waals surface area contributed by atoms with E-state index in [2.05, 4.69) is 4.98 Å². The Balaban J connectivity index is 2.17. The molecule has 6 nitrogen and oxygen atoms in total. The highest BCUT2D eigenvalue weighted by Crippen LogP contribution is 2.33. The van der Waals surface area contributed by atoms with E-state index in [-0.39, 0.29) is 22.9 Å². The highest BCUT2D eigenvalue weighted by Gasteiger charge is 2.26. The van der Waals surface area contributed by atoms with E-state index in [0.29, 0.717) is 5.03 Å². The van der Waals surface area contributed by atoms with Gasteiger partial charge in [0.1, 0.15) is 10.8 Å². The van der Waals surface area contributed by atoms with E-state index in [0.717, 1.165) is 13.0 Å². The van der Waals surface area contributed by atoms with Gasteiger partial charge >= 0.3 is 0 Å². The molecule has 1 fully saturated rings. The van der Waals surface area contributed by atoms with Gasteiger partial charge in [-0.25, -0.2) is 4.98 Å². The summed E-state index contributed by atoms with van der Waals surface area (Å²) < 4.78 is 5.43. The van der Waals surface area contributed by atoms with Crippen LogP contribution in [0, 0.1) is 10.1 Å². The Morgan fingerprint density at radius 2 is 2.41 bits per heavy atom. The van der Waals surface area contributed by atoms with Crippen LogP contribution in [0.25, 0.3) is 0 Å². The second-order valence-electron chi connectivity index (χ2n) is 3.87. The van der Waals surface area contributed by atoms with E-state index in [4.69, 9.17) is 10.5 Å². The highest BCUT2D eigenvalue weighted by atomic mass is 32.2. The molecule has 0 saturated carbocycles. The van der Waals surface area contributed by atoms with Crippen molar-refractivity contribution in [2.45, 2.75) is 29.7 Å². The second kappa shape index (κ2) is 4.89. The van der Waals surface area contributed by atoms with Gasteiger partial charge in [-0.2, -0.15) is 0 Å². The molecular formula is C10H13N3O3S. The van der Waals surface area contributed by atoms with Gasteiger partial charge in [-0.05, 0) is 13.3 Å². The lowest BCUT2D eigenvalue weighted by Crippen LogP contribution is -2.13. The summed E-state index contributed by atoms with van der Waals surface area (Å²) in [6.07, 6.45) is 1.07. The van der Waals surface area contributed by atoms with Crippen LogP contribution in [0.3, 0.4) is 0 Å². The van der Waals surface area contributed by atoms with Crippen LogP contribution in [0.2, 0.25) is 0 Å². The molecule has 0 amide bonds. The zero-order valence-corrected chi connectivity index (χ0v) is 10.1. The first kappa shape index (κ1) is 12.1. The molecule has 2 rings (SSSR count). The number of hydrogen-bond acceptors (Lipinski definition) is 6. The van der Waals surface area contributed by atoms with Gasteiger partial charge in [0.05, 0.1) is 17.1 Å². The van der Waals surface area contributed by atoms with Gasteiger partial charge < -0.3 is 10.5 Å². The van der Waals surface area contributed by atoms with Crippen molar-refractivity contribution < 1.29 is 9.66 Å². The second-order valence-corrected chi connectivity index (χ2v) is 5.13. The number of rotatable bonds is 3. The summed E-state index contributed by atoms with van der Waals surface area (Å²) in [5, 5.41) is 11.6. The van der Waals surface area contributed by atoms with E-state index < -0.39 is 4.92 Å². The van der Waals surface area contributed by atoms with Crippen molar-refractivity contribution in [3.05, 3.63) is 22.2 Å². The first-order valence-electron chi connectivity index (χ1n) is 5.26. The third-order valence-corrected chi connectivity index (χ3v) is 3.97. The maximum absolute atomic E-state index is 10.7. The molecule has 1 aliphatic heterocycles. The molecule has 0 radical (unpaired) electrons. The Hall–Kier alpha value is -1.34. The van der Waals surface area contributed by atoms with Gasteiger partial charge in [-0.1, -0.05) is 11.8 Å². The monoisotopic (exact) mass is 255 g/mol. The molecule has 2 unspecified atom stereocenters. The Kier molecular flexibility index (Phi) is 3.49. The summed E-state index contributed by atoms with van der Waals surface area (Å²) in [4.78, 5) is 14.3. The topological polar surface area (TPSA) is 91.3 Å². The molecular weight excluding hydrogens is 242 g/mol. The summed E-state index contributed by atoms with van der Waals surface area (Å²) in [5.41, 5.74) is 5.52. The summed E-state index contributed by atoms with van der Waals surface area (Å²) in [6, 6.07) is 2.71. The van der Waals surface area contributed by atoms with Crippen molar-refractivity contribution in [3.8, 4) is 0 Å². The fraction of sp³-hybridized carbons (Fsp3) is 0.500. The lowest BCUT2D eigenvalue weighted by molar-refractivity contribution is -0.385. The minimum atomic E-state index is -0.462. The summed E-state index contributed by atoms with van der Waals surface area (Å²) in [7, 11) is 0. The van der Waals surface area contributed by atoms with Gasteiger partial charge in [-0.3, -0.25) is 10.1 Å². The van der Waals surface area contributed by atoms with Crippen LogP contribution < -0.4 is 5.73 Å². The van der Waals surface area contributed by atoms with Crippen molar-refractivity contribution in [1.82, 2.24) is 4.98 Å². The molecule has 7 heteroatoms. The van der Waals surface area contributed by atoms with Crippen molar-refractivity contribution in [3.63, 3.8) is 0 Å². The first-order valence-corrected chi connectivity index (χ1v) is 6.14. The van der Waals surface area contributed by atoms with Gasteiger partial charge in [-0.15, -0.1) is 0 Å². The quantitative estimate of drug-likeness (QED) is 0.654. The first-order chi connectivity index (χ1) is 8.06. The zero-order chi connectivity index (χ0) is 12.4. The highest BCUT2D eigenvalue weighted by molar-refractivity contribution is 7.99. The molecule has 0 spiro atoms. The predicted molar refractivity (Wildman–Crippen MR) is 65.0 cm³/mol. The van der Waals surface area contributed by atoms with Crippen molar-refractivity contribution in [2.75, 3.05) is 12.3 Å². The Morgan fingerprint density at radius 3 is 3.00 bits per heavy atom. The third kappa shape index (κ3) is 2.86. The van der Waals surface area contributed by atoms with Gasteiger partial charge in [0.15, 0.2) is 0 Å². The number of nitrogen functional groups attached to an aromatic ring is 1. The van der Waals surface area contributed by atoms with Crippen molar-refractivity contribution in [1.29, 1.82) is 0 Å². The number of ether oxygens (including phenoxy) is 1. The Bertz CT molecular complexity index is 441. The summed E-state index contributed by atoms with van der Waals surface area (Å²) in [6.45, 7) is 2.72. The molecule has 1 aromatic heterocycles. The third-order valence-electron chi connectivity index (χ3n) is 2.60. The molecule has 1 aliphatic rings. The van der Waals surface area contributed by atoms with Crippen molar-refractivity contribution >= 4 is 23.3 Å². The van der Waals surface area contributed by atoms with E-state index in [1.807, 2.05) is 6.92 Å². The molecule has 92 valence electrons. The van der Waals surface area contributed by atoms with Crippen molar-refractivity contribution in [2.24, 2.45) is 0 Å². The number of thioether (sulfide) groups is 1. The molecule has 1 saturated heterocycles. The molecule has 17 heavy (non-hydrogen) atoms. The lowest BCUT2D eigenvalue weighted by atomic mass is 10.3. The molecule has 0 bridgehead atoms. The number of nitrogens with two attached hydrogens (primary N) is 1. The maximum atomic E-state index is 10.7. The Labute approximate surface area is 103 Å². The number of anilines is 1. The number of hydrogen-bond donors (Lipinski definition) is 1. The van der Waals surface area contributed by atoms with Gasteiger partial charge in [0.25, 0.3) is 5.69 Å². The minimum absolute atomic E-state index is 0.0217. The zero-order valence-electron chi connectivity index (χ0n) is 9.33. The van der Waals surface area contributed by atoms with E-state index in [9.17, 15) is 10.1 Å². The minimum Gasteiger partial charge on any atom is -0.383 e. The molecule has 2 atom stereocenters. The molecule has 0 aromatic carbocycles. The van der Waals surface area contributed by atoms with E-state index in [1.165, 1.54) is 23.9 Å². The van der Waals surface area contributed by atoms with Gasteiger partial charge in [0, 0.05) is 17.9 Å². The number of nitro groups is 1. The number of nitrogens with zero attached hydrogens (tertiary/aromatic N) is 2. The SMILES string of the molecule is CC1OCCC1Sc1cc([N+](=O)[O-])cc(N)n1. The van der Waals surface area contributed by atoms with Crippen LogP contribution in [0.4, 0.5) is 11.5 Å². The molecule has 2 N–H and O–H groups in total. The van der Waals surface area contributed by atoms with Crippen LogP contribution in [-0.2, 0) is 4.74 Å². The van der Waals surface area contributed by atoms with Crippen LogP contribution in [0.5, 0.6) is 0 Å². The number of pyridine rings is 1. The molecule has 0 aliphatic carbocycles. The normalized spacial score (nSPS) is 23.8. The van der Waals surface area contributed by atoms with E-state index in [1.54, 1.807) is 0 Å².